The van der Waals surface area contributed by atoms with Crippen molar-refractivity contribution in [3.8, 4) is 11.3 Å². The third-order valence-corrected chi connectivity index (χ3v) is 2.68. The third-order valence-electron chi connectivity index (χ3n) is 2.68. The fraction of sp³-hybridized carbons (Fsp3) is 0.286. The maximum absolute atomic E-state index is 13.5. The van der Waals surface area contributed by atoms with Crippen molar-refractivity contribution in [2.45, 2.75) is 26.0 Å². The van der Waals surface area contributed by atoms with Gasteiger partial charge in [-0.2, -0.15) is 5.10 Å². The number of hydrogen-bond acceptors (Lipinski definition) is 3. The van der Waals surface area contributed by atoms with Gasteiger partial charge in [-0.25, -0.2) is 8.78 Å². The zero-order chi connectivity index (χ0) is 14.9. The maximum Gasteiger partial charge on any atom is 0.155 e. The van der Waals surface area contributed by atoms with Crippen LogP contribution in [0.25, 0.3) is 11.3 Å². The van der Waals surface area contributed by atoms with Gasteiger partial charge in [0.05, 0.1) is 23.4 Å². The zero-order valence-electron chi connectivity index (χ0n) is 11.1. The molecule has 0 amide bonds. The monoisotopic (exact) mass is 280 g/mol. The van der Waals surface area contributed by atoms with E-state index < -0.39 is 22.8 Å². The van der Waals surface area contributed by atoms with Crippen LogP contribution in [0.4, 0.5) is 8.78 Å². The average molecular weight is 280 g/mol. The van der Waals surface area contributed by atoms with Gasteiger partial charge in [0.1, 0.15) is 11.6 Å². The molecule has 20 heavy (non-hydrogen) atoms. The highest BCUT2D eigenvalue weighted by Gasteiger charge is 2.16. The summed E-state index contributed by atoms with van der Waals surface area (Å²) in [7, 11) is 0. The first-order valence-electron chi connectivity index (χ1n) is 6.00. The fourth-order valence-corrected chi connectivity index (χ4v) is 1.84. The molecule has 0 aliphatic rings. The van der Waals surface area contributed by atoms with Crippen molar-refractivity contribution in [1.29, 1.82) is 0 Å². The summed E-state index contributed by atoms with van der Waals surface area (Å²) in [6.45, 7) is 3.52. The van der Waals surface area contributed by atoms with E-state index in [1.54, 1.807) is 26.1 Å². The van der Waals surface area contributed by atoms with E-state index in [0.29, 0.717) is 5.69 Å². The van der Waals surface area contributed by atoms with E-state index >= 15 is 0 Å². The smallest absolute Gasteiger partial charge is 0.155 e. The molecule has 6 heteroatoms. The highest BCUT2D eigenvalue weighted by molar-refractivity contribution is 5.77. The third kappa shape index (κ3) is 3.08. The van der Waals surface area contributed by atoms with Gasteiger partial charge in [-0.05, 0) is 32.0 Å². The molecule has 0 spiro atoms. The van der Waals surface area contributed by atoms with Gasteiger partial charge < -0.3 is 5.11 Å². The number of carbonyl (C=O) groups excluding carboxylic acids is 1. The quantitative estimate of drug-likeness (QED) is 0.875. The van der Waals surface area contributed by atoms with E-state index in [1.807, 2.05) is 0 Å². The molecular weight excluding hydrogens is 266 g/mol. The number of nitrogens with zero attached hydrogens (tertiary/aromatic N) is 2. The van der Waals surface area contributed by atoms with Crippen molar-refractivity contribution in [2.24, 2.45) is 0 Å². The van der Waals surface area contributed by atoms with Crippen LogP contribution in [0.2, 0.25) is 0 Å². The van der Waals surface area contributed by atoms with Crippen molar-refractivity contribution < 1.29 is 18.7 Å². The Morgan fingerprint density at radius 3 is 2.45 bits per heavy atom. The first-order chi connectivity index (χ1) is 9.30. The summed E-state index contributed by atoms with van der Waals surface area (Å²) in [5.41, 5.74) is -0.935. The number of aromatic nitrogens is 2. The highest BCUT2D eigenvalue weighted by Crippen LogP contribution is 2.22. The Morgan fingerprint density at radius 1 is 1.35 bits per heavy atom. The summed E-state index contributed by atoms with van der Waals surface area (Å²) in [5.74, 6) is -1.85. The van der Waals surface area contributed by atoms with Gasteiger partial charge in [0.25, 0.3) is 0 Å². The average Bonchev–Trinajstić information content (AvgIpc) is 2.74. The SMILES string of the molecule is CC(C)(O)Cn1ccc(-c2cc(F)c(C=O)c(F)c2)n1. The van der Waals surface area contributed by atoms with Crippen LogP contribution >= 0.6 is 0 Å². The molecule has 0 saturated carbocycles. The first-order valence-corrected chi connectivity index (χ1v) is 6.00. The van der Waals surface area contributed by atoms with Crippen LogP contribution in [-0.4, -0.2) is 26.8 Å². The van der Waals surface area contributed by atoms with E-state index in [1.165, 1.54) is 4.68 Å². The second-order valence-electron chi connectivity index (χ2n) is 5.18. The normalized spacial score (nSPS) is 11.7. The van der Waals surface area contributed by atoms with Gasteiger partial charge in [0.2, 0.25) is 0 Å². The zero-order valence-corrected chi connectivity index (χ0v) is 11.1. The van der Waals surface area contributed by atoms with Gasteiger partial charge in [-0.15, -0.1) is 0 Å². The Bertz CT molecular complexity index is 622. The topological polar surface area (TPSA) is 55.1 Å². The van der Waals surface area contributed by atoms with Crippen LogP contribution in [0, 0.1) is 11.6 Å². The molecule has 0 aliphatic heterocycles. The summed E-state index contributed by atoms with van der Waals surface area (Å²) in [6.07, 6.45) is 1.75. The van der Waals surface area contributed by atoms with Crippen molar-refractivity contribution in [1.82, 2.24) is 9.78 Å². The largest absolute Gasteiger partial charge is 0.389 e. The molecule has 106 valence electrons. The minimum atomic E-state index is -0.943. The predicted molar refractivity (Wildman–Crippen MR) is 69.3 cm³/mol. The molecule has 1 aromatic heterocycles. The van der Waals surface area contributed by atoms with Crippen LogP contribution in [0.3, 0.4) is 0 Å². The first kappa shape index (κ1) is 14.3. The molecule has 0 atom stereocenters. The molecule has 2 aromatic rings. The summed E-state index contributed by atoms with van der Waals surface area (Å²) >= 11 is 0. The van der Waals surface area contributed by atoms with Crippen LogP contribution in [0.5, 0.6) is 0 Å². The number of aldehydes is 1. The van der Waals surface area contributed by atoms with Gasteiger partial charge in [0.15, 0.2) is 6.29 Å². The second kappa shape index (κ2) is 5.13. The molecule has 0 radical (unpaired) electrons. The second-order valence-corrected chi connectivity index (χ2v) is 5.18. The molecule has 1 aromatic carbocycles. The molecule has 1 heterocycles. The van der Waals surface area contributed by atoms with Crippen molar-refractivity contribution in [3.63, 3.8) is 0 Å². The van der Waals surface area contributed by atoms with Crippen LogP contribution in [0.1, 0.15) is 24.2 Å². The molecule has 2 rings (SSSR count). The molecule has 4 nitrogen and oxygen atoms in total. The Balaban J connectivity index is 2.35. The van der Waals surface area contributed by atoms with E-state index in [2.05, 4.69) is 5.10 Å². The van der Waals surface area contributed by atoms with Crippen molar-refractivity contribution in [3.05, 3.63) is 41.6 Å². The predicted octanol–water partition coefficient (Wildman–Crippen LogP) is 2.41. The molecule has 0 unspecified atom stereocenters. The summed E-state index contributed by atoms with van der Waals surface area (Å²) < 4.78 is 28.5. The van der Waals surface area contributed by atoms with E-state index in [9.17, 15) is 18.7 Å². The minimum Gasteiger partial charge on any atom is -0.389 e. The van der Waals surface area contributed by atoms with E-state index in [0.717, 1.165) is 12.1 Å². The van der Waals surface area contributed by atoms with Crippen LogP contribution in [0.15, 0.2) is 24.4 Å². The van der Waals surface area contributed by atoms with Crippen molar-refractivity contribution >= 4 is 6.29 Å². The summed E-state index contributed by atoms with van der Waals surface area (Å²) in [4.78, 5) is 10.5. The van der Waals surface area contributed by atoms with Crippen LogP contribution in [-0.2, 0) is 6.54 Å². The number of carbonyl (C=O) groups is 1. The van der Waals surface area contributed by atoms with E-state index in [-0.39, 0.29) is 18.4 Å². The highest BCUT2D eigenvalue weighted by atomic mass is 19.1. The molecule has 0 aliphatic carbocycles. The number of benzene rings is 1. The lowest BCUT2D eigenvalue weighted by atomic mass is 10.1. The Labute approximate surface area is 114 Å². The Morgan fingerprint density at radius 2 is 1.95 bits per heavy atom. The fourth-order valence-electron chi connectivity index (χ4n) is 1.84. The van der Waals surface area contributed by atoms with Crippen LogP contribution < -0.4 is 0 Å². The lowest BCUT2D eigenvalue weighted by molar-refractivity contribution is 0.0578. The van der Waals surface area contributed by atoms with Crippen molar-refractivity contribution in [2.75, 3.05) is 0 Å². The number of rotatable bonds is 4. The Kier molecular flexibility index (Phi) is 3.67. The van der Waals surface area contributed by atoms with Gasteiger partial charge >= 0.3 is 0 Å². The molecule has 0 saturated heterocycles. The Hall–Kier alpha value is -2.08. The minimum absolute atomic E-state index is 0.140. The molecular formula is C14H14F2N2O2. The standard InChI is InChI=1S/C14H14F2N2O2/c1-14(2,20)8-18-4-3-13(17-18)9-5-11(15)10(7-19)12(16)6-9/h3-7,20H,8H2,1-2H3. The molecule has 1 N–H and O–H groups in total. The lowest BCUT2D eigenvalue weighted by Gasteiger charge is -2.16. The number of halogens is 2. The maximum atomic E-state index is 13.5. The van der Waals surface area contributed by atoms with Gasteiger partial charge in [-0.3, -0.25) is 9.48 Å². The molecule has 0 fully saturated rings. The lowest BCUT2D eigenvalue weighted by Crippen LogP contribution is -2.26. The van der Waals surface area contributed by atoms with E-state index in [4.69, 9.17) is 0 Å². The summed E-state index contributed by atoms with van der Waals surface area (Å²) in [6, 6.07) is 3.70. The van der Waals surface area contributed by atoms with Gasteiger partial charge in [-0.1, -0.05) is 0 Å². The molecule has 0 bridgehead atoms. The van der Waals surface area contributed by atoms with Gasteiger partial charge in [0, 0.05) is 11.8 Å². The number of hydrogen-bond donors (Lipinski definition) is 1. The summed E-state index contributed by atoms with van der Waals surface area (Å²) in [5, 5.41) is 13.8. The number of aliphatic hydroxyl groups is 1.